The standard InChI is InChI=1S/C15H10FN5O3S/c16-11-4-2-1-3-10(11)14-18-19-15(25)20(14)17-8-9-5-6-13(22)12(7-9)21(23)24/h1-8,22H,(H,19,25)/b17-8+. The number of phenolic OH excluding ortho intramolecular Hbond substituents is 1. The fourth-order valence-electron chi connectivity index (χ4n) is 2.11. The predicted molar refractivity (Wildman–Crippen MR) is 90.6 cm³/mol. The number of aromatic amines is 1. The minimum atomic E-state index is -0.707. The molecule has 0 saturated carbocycles. The average molecular weight is 359 g/mol. The molecule has 0 bridgehead atoms. The predicted octanol–water partition coefficient (Wildman–Crippen LogP) is 3.24. The van der Waals surface area contributed by atoms with Crippen LogP contribution >= 0.6 is 12.2 Å². The largest absolute Gasteiger partial charge is 0.502 e. The van der Waals surface area contributed by atoms with Crippen molar-refractivity contribution in [2.24, 2.45) is 5.10 Å². The van der Waals surface area contributed by atoms with Crippen LogP contribution in [-0.4, -0.2) is 31.1 Å². The average Bonchev–Trinajstić information content (AvgIpc) is 2.95. The van der Waals surface area contributed by atoms with Gasteiger partial charge < -0.3 is 5.11 Å². The van der Waals surface area contributed by atoms with Gasteiger partial charge in [0.05, 0.1) is 16.7 Å². The van der Waals surface area contributed by atoms with Crippen molar-refractivity contribution in [1.29, 1.82) is 0 Å². The molecular formula is C15H10FN5O3S. The summed E-state index contributed by atoms with van der Waals surface area (Å²) in [4.78, 5) is 10.2. The maximum atomic E-state index is 14.0. The van der Waals surface area contributed by atoms with E-state index >= 15 is 0 Å². The van der Waals surface area contributed by atoms with Crippen molar-refractivity contribution in [1.82, 2.24) is 14.9 Å². The number of hydrogen-bond acceptors (Lipinski definition) is 6. The molecule has 25 heavy (non-hydrogen) atoms. The lowest BCUT2D eigenvalue weighted by Crippen LogP contribution is -1.97. The normalized spacial score (nSPS) is 11.1. The van der Waals surface area contributed by atoms with E-state index < -0.39 is 22.2 Å². The number of rotatable bonds is 4. The quantitative estimate of drug-likeness (QED) is 0.322. The van der Waals surface area contributed by atoms with Gasteiger partial charge >= 0.3 is 5.69 Å². The van der Waals surface area contributed by atoms with Crippen LogP contribution in [0.2, 0.25) is 0 Å². The second-order valence-corrected chi connectivity index (χ2v) is 5.28. The van der Waals surface area contributed by atoms with E-state index in [1.54, 1.807) is 12.1 Å². The lowest BCUT2D eigenvalue weighted by Gasteiger charge is -2.02. The van der Waals surface area contributed by atoms with E-state index in [0.29, 0.717) is 5.56 Å². The van der Waals surface area contributed by atoms with Crippen LogP contribution < -0.4 is 0 Å². The summed E-state index contributed by atoms with van der Waals surface area (Å²) < 4.78 is 15.3. The van der Waals surface area contributed by atoms with Crippen molar-refractivity contribution in [2.45, 2.75) is 0 Å². The lowest BCUT2D eigenvalue weighted by molar-refractivity contribution is -0.385. The molecule has 8 nitrogen and oxygen atoms in total. The summed E-state index contributed by atoms with van der Waals surface area (Å²) >= 11 is 5.08. The van der Waals surface area contributed by atoms with Crippen molar-refractivity contribution in [3.63, 3.8) is 0 Å². The van der Waals surface area contributed by atoms with E-state index in [-0.39, 0.29) is 16.2 Å². The SMILES string of the molecule is O=[N+]([O-])c1cc(/C=N/n2c(-c3ccccc3F)n[nH]c2=S)ccc1O. The molecule has 2 aromatic carbocycles. The molecule has 10 heteroatoms. The molecule has 0 fully saturated rings. The molecule has 0 atom stereocenters. The number of phenols is 1. The number of hydrogen-bond donors (Lipinski definition) is 2. The molecule has 0 radical (unpaired) electrons. The Morgan fingerprint density at radius 3 is 2.84 bits per heavy atom. The Morgan fingerprint density at radius 1 is 1.36 bits per heavy atom. The van der Waals surface area contributed by atoms with Gasteiger partial charge in [0.2, 0.25) is 4.77 Å². The first-order valence-corrected chi connectivity index (χ1v) is 7.32. The summed E-state index contributed by atoms with van der Waals surface area (Å²) in [5.74, 6) is -0.782. The Kier molecular flexibility index (Phi) is 4.35. The van der Waals surface area contributed by atoms with Crippen molar-refractivity contribution in [3.8, 4) is 17.1 Å². The molecule has 126 valence electrons. The number of nitrogens with zero attached hydrogens (tertiary/aromatic N) is 4. The van der Waals surface area contributed by atoms with Crippen LogP contribution in [0.15, 0.2) is 47.6 Å². The van der Waals surface area contributed by atoms with E-state index in [0.717, 1.165) is 6.07 Å². The van der Waals surface area contributed by atoms with Gasteiger partial charge in [0, 0.05) is 11.6 Å². The summed E-state index contributed by atoms with van der Waals surface area (Å²) in [6.45, 7) is 0. The Morgan fingerprint density at radius 2 is 2.12 bits per heavy atom. The fourth-order valence-corrected chi connectivity index (χ4v) is 2.29. The number of nitro benzene ring substituents is 1. The first kappa shape index (κ1) is 16.5. The zero-order valence-electron chi connectivity index (χ0n) is 12.5. The minimum absolute atomic E-state index is 0.128. The Bertz CT molecular complexity index is 1040. The molecule has 0 spiro atoms. The molecule has 0 amide bonds. The third-order valence-electron chi connectivity index (χ3n) is 3.28. The van der Waals surface area contributed by atoms with E-state index in [1.807, 2.05) is 0 Å². The van der Waals surface area contributed by atoms with Crippen molar-refractivity contribution in [3.05, 3.63) is 68.7 Å². The molecule has 0 aliphatic heterocycles. The van der Waals surface area contributed by atoms with Gasteiger partial charge in [-0.25, -0.2) is 9.49 Å². The van der Waals surface area contributed by atoms with E-state index in [2.05, 4.69) is 15.3 Å². The third kappa shape index (κ3) is 3.28. The van der Waals surface area contributed by atoms with E-state index in [9.17, 15) is 19.6 Å². The molecule has 0 unspecified atom stereocenters. The van der Waals surface area contributed by atoms with Gasteiger partial charge in [0.1, 0.15) is 5.82 Å². The smallest absolute Gasteiger partial charge is 0.311 e. The summed E-state index contributed by atoms with van der Waals surface area (Å²) in [6.07, 6.45) is 1.29. The van der Waals surface area contributed by atoms with Crippen LogP contribution in [0.3, 0.4) is 0 Å². The van der Waals surface area contributed by atoms with Gasteiger partial charge in [-0.3, -0.25) is 10.1 Å². The molecule has 0 aliphatic carbocycles. The first-order valence-electron chi connectivity index (χ1n) is 6.91. The number of benzene rings is 2. The zero-order valence-corrected chi connectivity index (χ0v) is 13.3. The minimum Gasteiger partial charge on any atom is -0.502 e. The monoisotopic (exact) mass is 359 g/mol. The van der Waals surface area contributed by atoms with Crippen molar-refractivity contribution in [2.75, 3.05) is 0 Å². The summed E-state index contributed by atoms with van der Waals surface area (Å²) in [5, 5.41) is 30.9. The molecular weight excluding hydrogens is 349 g/mol. The van der Waals surface area contributed by atoms with Crippen molar-refractivity contribution < 1.29 is 14.4 Å². The highest BCUT2D eigenvalue weighted by Crippen LogP contribution is 2.26. The molecule has 2 N–H and O–H groups in total. The van der Waals surface area contributed by atoms with E-state index in [4.69, 9.17) is 12.2 Å². The molecule has 3 rings (SSSR count). The number of H-pyrrole nitrogens is 1. The molecule has 3 aromatic rings. The van der Waals surface area contributed by atoms with Crippen LogP contribution in [0.25, 0.3) is 11.4 Å². The zero-order chi connectivity index (χ0) is 18.0. The molecule has 1 heterocycles. The number of aromatic nitrogens is 3. The first-order chi connectivity index (χ1) is 12.0. The highest BCUT2D eigenvalue weighted by molar-refractivity contribution is 7.71. The maximum absolute atomic E-state index is 14.0. The van der Waals surface area contributed by atoms with Gasteiger partial charge in [0.15, 0.2) is 11.6 Å². The van der Waals surface area contributed by atoms with Crippen LogP contribution in [-0.2, 0) is 0 Å². The Hall–Kier alpha value is -3.40. The Balaban J connectivity index is 2.02. The Labute approximate surface area is 145 Å². The van der Waals surface area contributed by atoms with Gasteiger partial charge in [-0.2, -0.15) is 14.9 Å². The maximum Gasteiger partial charge on any atom is 0.311 e. The second kappa shape index (κ2) is 6.61. The van der Waals surface area contributed by atoms with Gasteiger partial charge in [-0.15, -0.1) is 0 Å². The van der Waals surface area contributed by atoms with E-state index in [1.165, 1.54) is 35.2 Å². The van der Waals surface area contributed by atoms with Gasteiger partial charge in [-0.1, -0.05) is 12.1 Å². The van der Waals surface area contributed by atoms with Crippen LogP contribution in [0.1, 0.15) is 5.56 Å². The topological polar surface area (TPSA) is 109 Å². The summed E-state index contributed by atoms with van der Waals surface area (Å²) in [7, 11) is 0. The molecule has 1 aromatic heterocycles. The van der Waals surface area contributed by atoms with Crippen LogP contribution in [0, 0.1) is 20.7 Å². The second-order valence-electron chi connectivity index (χ2n) is 4.89. The van der Waals surface area contributed by atoms with Gasteiger partial charge in [-0.05, 0) is 36.5 Å². The van der Waals surface area contributed by atoms with Crippen molar-refractivity contribution >= 4 is 24.1 Å². The fraction of sp³-hybridized carbons (Fsp3) is 0. The van der Waals surface area contributed by atoms with Crippen LogP contribution in [0.5, 0.6) is 5.75 Å². The highest BCUT2D eigenvalue weighted by Gasteiger charge is 2.14. The molecule has 0 saturated heterocycles. The third-order valence-corrected chi connectivity index (χ3v) is 3.55. The molecule has 0 aliphatic rings. The number of nitrogens with one attached hydrogen (secondary N) is 1. The van der Waals surface area contributed by atoms with Crippen LogP contribution in [0.4, 0.5) is 10.1 Å². The summed E-state index contributed by atoms with van der Waals surface area (Å²) in [6, 6.07) is 9.79. The number of aromatic hydroxyl groups is 1. The number of halogens is 1. The lowest BCUT2D eigenvalue weighted by atomic mass is 10.2. The summed E-state index contributed by atoms with van der Waals surface area (Å²) in [5.41, 5.74) is 0.102. The number of nitro groups is 1. The van der Waals surface area contributed by atoms with Gasteiger partial charge in [0.25, 0.3) is 0 Å². The highest BCUT2D eigenvalue weighted by atomic mass is 32.1.